The molecule has 2 aromatic carbocycles. The van der Waals surface area contributed by atoms with Crippen molar-refractivity contribution < 1.29 is 14.4 Å². The van der Waals surface area contributed by atoms with Crippen molar-refractivity contribution in [3.8, 4) is 0 Å². The fourth-order valence-electron chi connectivity index (χ4n) is 4.18. The Hall–Kier alpha value is -2.89. The first-order valence-electron chi connectivity index (χ1n) is 9.80. The highest BCUT2D eigenvalue weighted by molar-refractivity contribution is 6.10. The van der Waals surface area contributed by atoms with Gasteiger partial charge >= 0.3 is 6.03 Å². The van der Waals surface area contributed by atoms with Gasteiger partial charge in [-0.15, -0.1) is 0 Å². The SMILES string of the molecule is CC1CCN(C(=O)CN2C(=O)NC(C)(c3cccc4ccccc34)C2=O)CC1. The number of carbonyl (C=O) groups is 3. The number of nitrogens with zero attached hydrogens (tertiary/aromatic N) is 2. The van der Waals surface area contributed by atoms with Gasteiger partial charge in [0.25, 0.3) is 5.91 Å². The van der Waals surface area contributed by atoms with E-state index >= 15 is 0 Å². The van der Waals surface area contributed by atoms with Crippen LogP contribution in [0, 0.1) is 5.92 Å². The van der Waals surface area contributed by atoms with Crippen LogP contribution in [0.3, 0.4) is 0 Å². The summed E-state index contributed by atoms with van der Waals surface area (Å²) in [6.07, 6.45) is 1.92. The lowest BCUT2D eigenvalue weighted by molar-refractivity contribution is -0.139. The molecule has 2 aliphatic heterocycles. The Kier molecular flexibility index (Phi) is 4.57. The molecular weight excluding hydrogens is 354 g/mol. The van der Waals surface area contributed by atoms with Gasteiger partial charge in [-0.2, -0.15) is 0 Å². The predicted molar refractivity (Wildman–Crippen MR) is 107 cm³/mol. The summed E-state index contributed by atoms with van der Waals surface area (Å²) in [7, 11) is 0. The molecule has 1 N–H and O–H groups in total. The molecule has 0 aromatic heterocycles. The van der Waals surface area contributed by atoms with Crippen molar-refractivity contribution in [3.05, 3.63) is 48.0 Å². The molecule has 6 heteroatoms. The van der Waals surface area contributed by atoms with E-state index in [-0.39, 0.29) is 18.4 Å². The monoisotopic (exact) mass is 379 g/mol. The molecule has 6 nitrogen and oxygen atoms in total. The molecule has 0 bridgehead atoms. The molecule has 2 saturated heterocycles. The van der Waals surface area contributed by atoms with E-state index in [9.17, 15) is 14.4 Å². The Labute approximate surface area is 164 Å². The summed E-state index contributed by atoms with van der Waals surface area (Å²) >= 11 is 0. The zero-order chi connectivity index (χ0) is 19.9. The van der Waals surface area contributed by atoms with E-state index in [4.69, 9.17) is 0 Å². The molecule has 0 saturated carbocycles. The lowest BCUT2D eigenvalue weighted by atomic mass is 9.88. The smallest absolute Gasteiger partial charge is 0.325 e. The van der Waals surface area contributed by atoms with Gasteiger partial charge in [-0.25, -0.2) is 4.79 Å². The van der Waals surface area contributed by atoms with Gasteiger partial charge in [0, 0.05) is 13.1 Å². The number of imide groups is 1. The Bertz CT molecular complexity index is 944. The van der Waals surface area contributed by atoms with Crippen LogP contribution in [-0.4, -0.2) is 47.3 Å². The number of carbonyl (C=O) groups excluding carboxylic acids is 3. The van der Waals surface area contributed by atoms with Gasteiger partial charge in [0.1, 0.15) is 12.1 Å². The molecule has 4 rings (SSSR count). The summed E-state index contributed by atoms with van der Waals surface area (Å²) in [6.45, 7) is 5.05. The quantitative estimate of drug-likeness (QED) is 0.834. The van der Waals surface area contributed by atoms with Crippen molar-refractivity contribution in [3.63, 3.8) is 0 Å². The van der Waals surface area contributed by atoms with Crippen molar-refractivity contribution in [2.45, 2.75) is 32.2 Å². The second-order valence-corrected chi connectivity index (χ2v) is 8.04. The third kappa shape index (κ3) is 3.03. The van der Waals surface area contributed by atoms with Crippen LogP contribution in [0.1, 0.15) is 32.3 Å². The first kappa shape index (κ1) is 18.5. The van der Waals surface area contributed by atoms with E-state index in [2.05, 4.69) is 12.2 Å². The fraction of sp³-hybridized carbons (Fsp3) is 0.409. The summed E-state index contributed by atoms with van der Waals surface area (Å²) in [5, 5.41) is 4.74. The van der Waals surface area contributed by atoms with E-state index in [1.54, 1.807) is 11.8 Å². The Morgan fingerprint density at radius 3 is 2.54 bits per heavy atom. The molecule has 146 valence electrons. The number of amides is 4. The van der Waals surface area contributed by atoms with Crippen LogP contribution in [0.5, 0.6) is 0 Å². The van der Waals surface area contributed by atoms with Crippen LogP contribution in [0.15, 0.2) is 42.5 Å². The van der Waals surface area contributed by atoms with Crippen LogP contribution < -0.4 is 5.32 Å². The van der Waals surface area contributed by atoms with Crippen LogP contribution in [0.4, 0.5) is 4.79 Å². The Balaban J connectivity index is 1.59. The van der Waals surface area contributed by atoms with Gasteiger partial charge in [-0.05, 0) is 42.0 Å². The maximum absolute atomic E-state index is 13.2. The molecule has 2 aliphatic rings. The average Bonchev–Trinajstić information content (AvgIpc) is 2.92. The average molecular weight is 379 g/mol. The maximum Gasteiger partial charge on any atom is 0.325 e. The van der Waals surface area contributed by atoms with Crippen LogP contribution >= 0.6 is 0 Å². The second-order valence-electron chi connectivity index (χ2n) is 8.04. The zero-order valence-corrected chi connectivity index (χ0v) is 16.3. The van der Waals surface area contributed by atoms with E-state index in [1.165, 1.54) is 0 Å². The van der Waals surface area contributed by atoms with Crippen molar-refractivity contribution in [1.29, 1.82) is 0 Å². The third-order valence-electron chi connectivity index (χ3n) is 6.03. The van der Waals surface area contributed by atoms with E-state index < -0.39 is 11.6 Å². The summed E-state index contributed by atoms with van der Waals surface area (Å²) in [5.41, 5.74) is -0.444. The molecule has 2 fully saturated rings. The fourth-order valence-corrected chi connectivity index (χ4v) is 4.18. The first-order valence-corrected chi connectivity index (χ1v) is 9.80. The highest BCUT2D eigenvalue weighted by atomic mass is 16.2. The number of rotatable bonds is 3. The minimum Gasteiger partial charge on any atom is -0.341 e. The number of piperidine rings is 1. The van der Waals surface area contributed by atoms with Gasteiger partial charge in [0.2, 0.25) is 5.91 Å². The molecule has 0 spiro atoms. The predicted octanol–water partition coefficient (Wildman–Crippen LogP) is 2.87. The first-order chi connectivity index (χ1) is 13.4. The molecule has 4 amide bonds. The number of benzene rings is 2. The number of likely N-dealkylation sites (tertiary alicyclic amines) is 1. The summed E-state index contributed by atoms with van der Waals surface area (Å²) < 4.78 is 0. The topological polar surface area (TPSA) is 69.7 Å². The van der Waals surface area contributed by atoms with Crippen LogP contribution in [0.2, 0.25) is 0 Å². The lowest BCUT2D eigenvalue weighted by Crippen LogP contribution is -2.46. The van der Waals surface area contributed by atoms with E-state index in [1.807, 2.05) is 42.5 Å². The van der Waals surface area contributed by atoms with Gasteiger partial charge in [-0.1, -0.05) is 49.4 Å². The van der Waals surface area contributed by atoms with Crippen molar-refractivity contribution in [2.75, 3.05) is 19.6 Å². The highest BCUT2D eigenvalue weighted by Gasteiger charge is 2.50. The highest BCUT2D eigenvalue weighted by Crippen LogP contribution is 2.33. The van der Waals surface area contributed by atoms with Crippen LogP contribution in [0.25, 0.3) is 10.8 Å². The molecule has 1 unspecified atom stereocenters. The van der Waals surface area contributed by atoms with Gasteiger partial charge in [0.15, 0.2) is 0 Å². The number of urea groups is 1. The van der Waals surface area contributed by atoms with E-state index in [0.717, 1.165) is 34.1 Å². The van der Waals surface area contributed by atoms with Crippen molar-refractivity contribution >= 4 is 28.6 Å². The molecule has 28 heavy (non-hydrogen) atoms. The van der Waals surface area contributed by atoms with Crippen molar-refractivity contribution in [1.82, 2.24) is 15.1 Å². The minimum atomic E-state index is -1.19. The minimum absolute atomic E-state index is 0.169. The molecular formula is C22H25N3O3. The van der Waals surface area contributed by atoms with E-state index in [0.29, 0.717) is 19.0 Å². The molecule has 0 radical (unpaired) electrons. The molecule has 0 aliphatic carbocycles. The Morgan fingerprint density at radius 1 is 1.11 bits per heavy atom. The van der Waals surface area contributed by atoms with Gasteiger partial charge in [-0.3, -0.25) is 14.5 Å². The lowest BCUT2D eigenvalue weighted by Gasteiger charge is -2.31. The largest absolute Gasteiger partial charge is 0.341 e. The zero-order valence-electron chi connectivity index (χ0n) is 16.3. The van der Waals surface area contributed by atoms with Gasteiger partial charge < -0.3 is 10.2 Å². The number of hydrogen-bond acceptors (Lipinski definition) is 3. The number of nitrogens with one attached hydrogen (secondary N) is 1. The summed E-state index contributed by atoms with van der Waals surface area (Å²) in [5.74, 6) is 0.0561. The Morgan fingerprint density at radius 2 is 1.79 bits per heavy atom. The normalized spacial score (nSPS) is 23.4. The third-order valence-corrected chi connectivity index (χ3v) is 6.03. The second kappa shape index (κ2) is 6.93. The summed E-state index contributed by atoms with van der Waals surface area (Å²) in [4.78, 5) is 41.3. The van der Waals surface area contributed by atoms with Gasteiger partial charge in [0.05, 0.1) is 0 Å². The number of hydrogen-bond donors (Lipinski definition) is 1. The molecule has 2 aromatic rings. The molecule has 1 atom stereocenters. The number of fused-ring (bicyclic) bond motifs is 1. The standard InChI is InChI=1S/C22H25N3O3/c1-15-10-12-24(13-11-15)19(26)14-25-20(27)22(2,23-21(25)28)18-9-5-7-16-6-3-4-8-17(16)18/h3-9,15H,10-14H2,1-2H3,(H,23,28). The van der Waals surface area contributed by atoms with Crippen LogP contribution in [-0.2, 0) is 15.1 Å². The molecule has 2 heterocycles. The van der Waals surface area contributed by atoms with Crippen molar-refractivity contribution in [2.24, 2.45) is 5.92 Å². The summed E-state index contributed by atoms with van der Waals surface area (Å²) in [6, 6.07) is 13.0. The maximum atomic E-state index is 13.2.